The number of carboxylic acid groups (broad SMARTS) is 1. The van der Waals surface area contributed by atoms with Gasteiger partial charge >= 0.3 is 5.97 Å². The van der Waals surface area contributed by atoms with Crippen molar-refractivity contribution in [1.82, 2.24) is 0 Å². The molecule has 0 aromatic carbocycles. The van der Waals surface area contributed by atoms with E-state index in [2.05, 4.69) is 13.8 Å². The van der Waals surface area contributed by atoms with Crippen LogP contribution in [0.4, 0.5) is 0 Å². The van der Waals surface area contributed by atoms with Gasteiger partial charge in [-0.05, 0) is 18.8 Å². The Hall–Kier alpha value is -0.570. The summed E-state index contributed by atoms with van der Waals surface area (Å²) in [6, 6.07) is 0. The molecule has 76 valence electrons. The van der Waals surface area contributed by atoms with E-state index >= 15 is 0 Å². The molecule has 0 spiro atoms. The lowest BCUT2D eigenvalue weighted by atomic mass is 9.87. The third-order valence-corrected chi connectivity index (χ3v) is 2.43. The molecule has 1 rings (SSSR count). The first kappa shape index (κ1) is 10.5. The molecule has 3 heteroatoms. The van der Waals surface area contributed by atoms with Crippen LogP contribution in [0, 0.1) is 17.8 Å². The van der Waals surface area contributed by atoms with Crippen LogP contribution in [-0.2, 0) is 9.53 Å². The predicted molar refractivity (Wildman–Crippen MR) is 49.5 cm³/mol. The Balaban J connectivity index is 2.32. The van der Waals surface area contributed by atoms with E-state index in [0.717, 1.165) is 26.1 Å². The quantitative estimate of drug-likeness (QED) is 0.711. The Kier molecular flexibility index (Phi) is 3.72. The number of ether oxygens (including phenoxy) is 1. The molecule has 0 saturated carbocycles. The SMILES string of the molecule is CC(C)CC(CC1COC1)C(=O)O. The first-order valence-electron chi connectivity index (χ1n) is 4.90. The van der Waals surface area contributed by atoms with Crippen LogP contribution in [0.25, 0.3) is 0 Å². The molecule has 3 nitrogen and oxygen atoms in total. The van der Waals surface area contributed by atoms with Crippen LogP contribution in [0.3, 0.4) is 0 Å². The Morgan fingerprint density at radius 1 is 1.54 bits per heavy atom. The van der Waals surface area contributed by atoms with Gasteiger partial charge in [-0.2, -0.15) is 0 Å². The fourth-order valence-electron chi connectivity index (χ4n) is 1.69. The van der Waals surface area contributed by atoms with Crippen molar-refractivity contribution in [3.63, 3.8) is 0 Å². The molecule has 1 aliphatic rings. The highest BCUT2D eigenvalue weighted by atomic mass is 16.5. The highest BCUT2D eigenvalue weighted by molar-refractivity contribution is 5.69. The van der Waals surface area contributed by atoms with Crippen LogP contribution >= 0.6 is 0 Å². The lowest BCUT2D eigenvalue weighted by molar-refractivity contribution is -0.144. The van der Waals surface area contributed by atoms with Gasteiger partial charge in [0.2, 0.25) is 0 Å². The maximum Gasteiger partial charge on any atom is 0.306 e. The Labute approximate surface area is 79.1 Å². The van der Waals surface area contributed by atoms with Crippen LogP contribution < -0.4 is 0 Å². The second kappa shape index (κ2) is 4.61. The minimum atomic E-state index is -0.652. The molecule has 13 heavy (non-hydrogen) atoms. The Morgan fingerprint density at radius 2 is 2.15 bits per heavy atom. The zero-order valence-corrected chi connectivity index (χ0v) is 8.32. The summed E-state index contributed by atoms with van der Waals surface area (Å²) in [6.07, 6.45) is 1.57. The number of carboxylic acids is 1. The average molecular weight is 186 g/mol. The summed E-state index contributed by atoms with van der Waals surface area (Å²) in [5.41, 5.74) is 0. The predicted octanol–water partition coefficient (Wildman–Crippen LogP) is 1.77. The normalized spacial score (nSPS) is 19.9. The van der Waals surface area contributed by atoms with Gasteiger partial charge in [0.15, 0.2) is 0 Å². The van der Waals surface area contributed by atoms with Crippen molar-refractivity contribution in [2.24, 2.45) is 17.8 Å². The van der Waals surface area contributed by atoms with Crippen molar-refractivity contribution in [1.29, 1.82) is 0 Å². The third kappa shape index (κ3) is 3.35. The van der Waals surface area contributed by atoms with E-state index in [0.29, 0.717) is 11.8 Å². The van der Waals surface area contributed by atoms with Crippen LogP contribution in [0.15, 0.2) is 0 Å². The number of rotatable bonds is 5. The summed E-state index contributed by atoms with van der Waals surface area (Å²) in [7, 11) is 0. The summed E-state index contributed by atoms with van der Waals surface area (Å²) >= 11 is 0. The van der Waals surface area contributed by atoms with Crippen LogP contribution in [0.2, 0.25) is 0 Å². The molecule has 1 unspecified atom stereocenters. The maximum absolute atomic E-state index is 10.9. The van der Waals surface area contributed by atoms with Crippen LogP contribution in [-0.4, -0.2) is 24.3 Å². The minimum absolute atomic E-state index is 0.172. The minimum Gasteiger partial charge on any atom is -0.481 e. The standard InChI is InChI=1S/C10H18O3/c1-7(2)3-9(10(11)12)4-8-5-13-6-8/h7-9H,3-6H2,1-2H3,(H,11,12). The Morgan fingerprint density at radius 3 is 2.46 bits per heavy atom. The van der Waals surface area contributed by atoms with E-state index in [9.17, 15) is 4.79 Å². The van der Waals surface area contributed by atoms with Gasteiger partial charge in [0, 0.05) is 5.92 Å². The van der Waals surface area contributed by atoms with Gasteiger partial charge < -0.3 is 9.84 Å². The second-order valence-electron chi connectivity index (χ2n) is 4.30. The van der Waals surface area contributed by atoms with E-state index in [1.807, 2.05) is 0 Å². The van der Waals surface area contributed by atoms with Crippen molar-refractivity contribution in [2.75, 3.05) is 13.2 Å². The topological polar surface area (TPSA) is 46.5 Å². The highest BCUT2D eigenvalue weighted by Gasteiger charge is 2.27. The zero-order chi connectivity index (χ0) is 9.84. The van der Waals surface area contributed by atoms with Gasteiger partial charge in [-0.25, -0.2) is 0 Å². The molecule has 0 bridgehead atoms. The van der Waals surface area contributed by atoms with Gasteiger partial charge in [-0.15, -0.1) is 0 Å². The Bertz CT molecular complexity index is 173. The fraction of sp³-hybridized carbons (Fsp3) is 0.900. The van der Waals surface area contributed by atoms with Crippen molar-refractivity contribution in [3.05, 3.63) is 0 Å². The van der Waals surface area contributed by atoms with Crippen molar-refractivity contribution in [3.8, 4) is 0 Å². The van der Waals surface area contributed by atoms with Crippen LogP contribution in [0.5, 0.6) is 0 Å². The van der Waals surface area contributed by atoms with E-state index in [1.165, 1.54) is 0 Å². The van der Waals surface area contributed by atoms with Gasteiger partial charge in [-0.3, -0.25) is 4.79 Å². The van der Waals surface area contributed by atoms with Crippen molar-refractivity contribution in [2.45, 2.75) is 26.7 Å². The molecule has 1 fully saturated rings. The molecular weight excluding hydrogens is 168 g/mol. The maximum atomic E-state index is 10.9. The zero-order valence-electron chi connectivity index (χ0n) is 8.32. The number of aliphatic carboxylic acids is 1. The molecule has 0 amide bonds. The summed E-state index contributed by atoms with van der Waals surface area (Å²) in [5.74, 6) is 0.122. The van der Waals surface area contributed by atoms with Gasteiger partial charge in [0.25, 0.3) is 0 Å². The molecule has 1 atom stereocenters. The first-order chi connectivity index (χ1) is 6.09. The second-order valence-corrected chi connectivity index (χ2v) is 4.30. The molecule has 1 aliphatic heterocycles. The third-order valence-electron chi connectivity index (χ3n) is 2.43. The number of hydrogen-bond acceptors (Lipinski definition) is 2. The average Bonchev–Trinajstić information content (AvgIpc) is 1.92. The van der Waals surface area contributed by atoms with Crippen molar-refractivity contribution >= 4 is 5.97 Å². The molecule has 0 aromatic heterocycles. The van der Waals surface area contributed by atoms with Crippen LogP contribution in [0.1, 0.15) is 26.7 Å². The summed E-state index contributed by atoms with van der Waals surface area (Å²) in [5, 5.41) is 8.95. The summed E-state index contributed by atoms with van der Waals surface area (Å²) < 4.78 is 5.03. The lowest BCUT2D eigenvalue weighted by Crippen LogP contribution is -2.32. The van der Waals surface area contributed by atoms with Gasteiger partial charge in [0.1, 0.15) is 0 Å². The van der Waals surface area contributed by atoms with E-state index < -0.39 is 5.97 Å². The lowest BCUT2D eigenvalue weighted by Gasteiger charge is -2.28. The summed E-state index contributed by atoms with van der Waals surface area (Å²) in [4.78, 5) is 10.9. The largest absolute Gasteiger partial charge is 0.481 e. The van der Waals surface area contributed by atoms with E-state index in [1.54, 1.807) is 0 Å². The highest BCUT2D eigenvalue weighted by Crippen LogP contribution is 2.24. The van der Waals surface area contributed by atoms with E-state index in [-0.39, 0.29) is 5.92 Å². The number of carbonyl (C=O) groups is 1. The smallest absolute Gasteiger partial charge is 0.306 e. The van der Waals surface area contributed by atoms with Crippen molar-refractivity contribution < 1.29 is 14.6 Å². The van der Waals surface area contributed by atoms with E-state index in [4.69, 9.17) is 9.84 Å². The molecule has 0 radical (unpaired) electrons. The molecule has 1 heterocycles. The molecule has 0 aromatic rings. The van der Waals surface area contributed by atoms with Gasteiger partial charge in [-0.1, -0.05) is 13.8 Å². The van der Waals surface area contributed by atoms with Gasteiger partial charge in [0.05, 0.1) is 19.1 Å². The molecule has 0 aliphatic carbocycles. The molecular formula is C10H18O3. The number of hydrogen-bond donors (Lipinski definition) is 1. The molecule has 1 N–H and O–H groups in total. The fourth-order valence-corrected chi connectivity index (χ4v) is 1.69. The summed E-state index contributed by atoms with van der Waals surface area (Å²) in [6.45, 7) is 5.63. The first-order valence-corrected chi connectivity index (χ1v) is 4.90. The molecule has 1 saturated heterocycles. The monoisotopic (exact) mass is 186 g/mol.